The van der Waals surface area contributed by atoms with Crippen LogP contribution in [0.25, 0.3) is 0 Å². The number of benzene rings is 1. The fourth-order valence-corrected chi connectivity index (χ4v) is 4.29. The van der Waals surface area contributed by atoms with Crippen LogP contribution in [0.3, 0.4) is 0 Å². The number of likely N-dealkylation sites (tertiary alicyclic amines) is 1. The summed E-state index contributed by atoms with van der Waals surface area (Å²) in [6.07, 6.45) is 1.21. The number of aliphatic imine (C=N–C) groups is 1. The third kappa shape index (κ3) is 5.83. The fourth-order valence-electron chi connectivity index (χ4n) is 4.29. The summed E-state index contributed by atoms with van der Waals surface area (Å²) in [7, 11) is 0. The lowest BCUT2D eigenvalue weighted by Crippen LogP contribution is -2.47. The van der Waals surface area contributed by atoms with Crippen LogP contribution in [0.5, 0.6) is 0 Å². The van der Waals surface area contributed by atoms with E-state index >= 15 is 0 Å². The molecule has 28 heavy (non-hydrogen) atoms. The van der Waals surface area contributed by atoms with Crippen molar-refractivity contribution in [1.29, 1.82) is 0 Å². The highest BCUT2D eigenvalue weighted by Crippen LogP contribution is 2.27. The molecule has 0 aliphatic carbocycles. The van der Waals surface area contributed by atoms with Crippen molar-refractivity contribution in [2.75, 3.05) is 52.5 Å². The van der Waals surface area contributed by atoms with Crippen molar-refractivity contribution in [3.05, 3.63) is 35.4 Å². The number of halogens is 1. The Kier molecular flexibility index (Phi) is 9.02. The predicted molar refractivity (Wildman–Crippen MR) is 128 cm³/mol. The maximum absolute atomic E-state index is 5.51. The maximum atomic E-state index is 5.51. The van der Waals surface area contributed by atoms with Gasteiger partial charge in [-0.15, -0.1) is 24.0 Å². The lowest BCUT2D eigenvalue weighted by atomic mass is 9.82. The average Bonchev–Trinajstić information content (AvgIpc) is 3.16. The second kappa shape index (κ2) is 10.8. The molecule has 0 radical (unpaired) electrons. The molecular weight excluding hydrogens is 463 g/mol. The fraction of sp³-hybridized carbons (Fsp3) is 0.682. The Morgan fingerprint density at radius 2 is 1.93 bits per heavy atom. The van der Waals surface area contributed by atoms with Gasteiger partial charge in [0.2, 0.25) is 0 Å². The van der Waals surface area contributed by atoms with E-state index in [9.17, 15) is 0 Å². The number of aryl methyl sites for hydroxylation is 1. The van der Waals surface area contributed by atoms with Gasteiger partial charge in [-0.25, -0.2) is 0 Å². The molecule has 0 amide bonds. The van der Waals surface area contributed by atoms with Crippen molar-refractivity contribution in [3.8, 4) is 0 Å². The van der Waals surface area contributed by atoms with Crippen molar-refractivity contribution >= 4 is 29.9 Å². The van der Waals surface area contributed by atoms with Gasteiger partial charge < -0.3 is 15.0 Å². The predicted octanol–water partition coefficient (Wildman–Crippen LogP) is 3.26. The van der Waals surface area contributed by atoms with Crippen LogP contribution < -0.4 is 5.32 Å². The number of morpholine rings is 1. The SMILES string of the molecule is CCNC(=NCC(C)(C)c1ccccc1C)N1CCC(N2CCOCC2)C1.I. The van der Waals surface area contributed by atoms with Crippen LogP contribution in [0.2, 0.25) is 0 Å². The highest BCUT2D eigenvalue weighted by molar-refractivity contribution is 14.0. The molecule has 1 aromatic carbocycles. The van der Waals surface area contributed by atoms with Gasteiger partial charge in [-0.05, 0) is 31.4 Å². The lowest BCUT2D eigenvalue weighted by Gasteiger charge is -2.32. The molecule has 2 fully saturated rings. The average molecular weight is 500 g/mol. The van der Waals surface area contributed by atoms with Gasteiger partial charge in [-0.2, -0.15) is 0 Å². The summed E-state index contributed by atoms with van der Waals surface area (Å²) in [5.41, 5.74) is 2.75. The van der Waals surface area contributed by atoms with Gasteiger partial charge in [0.05, 0.1) is 19.8 Å². The van der Waals surface area contributed by atoms with E-state index in [1.807, 2.05) is 0 Å². The molecule has 2 aliphatic heterocycles. The molecule has 158 valence electrons. The highest BCUT2D eigenvalue weighted by atomic mass is 127. The molecular formula is C22H37IN4O. The van der Waals surface area contributed by atoms with Gasteiger partial charge >= 0.3 is 0 Å². The first-order chi connectivity index (χ1) is 13.0. The van der Waals surface area contributed by atoms with E-state index in [1.54, 1.807) is 0 Å². The summed E-state index contributed by atoms with van der Waals surface area (Å²) in [6.45, 7) is 16.6. The maximum Gasteiger partial charge on any atom is 0.193 e. The lowest BCUT2D eigenvalue weighted by molar-refractivity contribution is 0.0195. The summed E-state index contributed by atoms with van der Waals surface area (Å²) in [6, 6.07) is 9.30. The first kappa shape index (κ1) is 23.4. The van der Waals surface area contributed by atoms with Crippen LogP contribution in [0.1, 0.15) is 38.3 Å². The Morgan fingerprint density at radius 1 is 1.21 bits per heavy atom. The molecule has 2 saturated heterocycles. The van der Waals surface area contributed by atoms with Crippen molar-refractivity contribution in [2.45, 2.75) is 45.6 Å². The van der Waals surface area contributed by atoms with Crippen LogP contribution in [0.4, 0.5) is 0 Å². The van der Waals surface area contributed by atoms with E-state index in [2.05, 4.69) is 67.1 Å². The Labute approximate surface area is 187 Å². The minimum Gasteiger partial charge on any atom is -0.379 e. The third-order valence-corrected chi connectivity index (χ3v) is 5.86. The molecule has 0 spiro atoms. The second-order valence-electron chi connectivity index (χ2n) is 8.41. The van der Waals surface area contributed by atoms with Gasteiger partial charge in [-0.1, -0.05) is 38.1 Å². The molecule has 2 aliphatic rings. The number of hydrogen-bond acceptors (Lipinski definition) is 3. The topological polar surface area (TPSA) is 40.1 Å². The number of ether oxygens (including phenoxy) is 1. The third-order valence-electron chi connectivity index (χ3n) is 5.86. The number of nitrogens with zero attached hydrogens (tertiary/aromatic N) is 3. The minimum absolute atomic E-state index is 0. The molecule has 1 atom stereocenters. The van der Waals surface area contributed by atoms with Crippen molar-refractivity contribution in [2.24, 2.45) is 4.99 Å². The summed E-state index contributed by atoms with van der Waals surface area (Å²) in [5, 5.41) is 3.52. The van der Waals surface area contributed by atoms with E-state index in [1.165, 1.54) is 17.5 Å². The smallest absolute Gasteiger partial charge is 0.193 e. The second-order valence-corrected chi connectivity index (χ2v) is 8.41. The molecule has 6 heteroatoms. The van der Waals surface area contributed by atoms with Gasteiger partial charge in [-0.3, -0.25) is 9.89 Å². The summed E-state index contributed by atoms with van der Waals surface area (Å²) < 4.78 is 5.51. The normalized spacial score (nSPS) is 21.5. The number of nitrogens with one attached hydrogen (secondary N) is 1. The van der Waals surface area contributed by atoms with Crippen molar-refractivity contribution < 1.29 is 4.74 Å². The Hall–Kier alpha value is -0.860. The van der Waals surface area contributed by atoms with Crippen molar-refractivity contribution in [3.63, 3.8) is 0 Å². The summed E-state index contributed by atoms with van der Waals surface area (Å²) in [5.74, 6) is 1.06. The standard InChI is InChI=1S/C22H36N4O.HI/c1-5-23-21(24-17-22(3,4)20-9-7-6-8-18(20)2)26-11-10-19(16-26)25-12-14-27-15-13-25;/h6-9,19H,5,10-17H2,1-4H3,(H,23,24);1H. The van der Waals surface area contributed by atoms with Gasteiger partial charge in [0, 0.05) is 44.2 Å². The molecule has 3 rings (SSSR count). The van der Waals surface area contributed by atoms with Gasteiger partial charge in [0.25, 0.3) is 0 Å². The largest absolute Gasteiger partial charge is 0.379 e. The first-order valence-corrected chi connectivity index (χ1v) is 10.4. The van der Waals surface area contributed by atoms with E-state index < -0.39 is 0 Å². The van der Waals surface area contributed by atoms with E-state index in [-0.39, 0.29) is 29.4 Å². The highest BCUT2D eigenvalue weighted by Gasteiger charge is 2.31. The number of rotatable bonds is 5. The Balaban J connectivity index is 0.00000280. The first-order valence-electron chi connectivity index (χ1n) is 10.4. The monoisotopic (exact) mass is 500 g/mol. The van der Waals surface area contributed by atoms with E-state index in [0.29, 0.717) is 6.04 Å². The van der Waals surface area contributed by atoms with Crippen LogP contribution in [-0.2, 0) is 10.2 Å². The zero-order valence-electron chi connectivity index (χ0n) is 17.9. The Bertz CT molecular complexity index is 643. The molecule has 1 aromatic rings. The number of hydrogen-bond donors (Lipinski definition) is 1. The zero-order valence-corrected chi connectivity index (χ0v) is 20.2. The molecule has 2 heterocycles. The summed E-state index contributed by atoms with van der Waals surface area (Å²) in [4.78, 5) is 10.1. The van der Waals surface area contributed by atoms with Crippen LogP contribution in [0, 0.1) is 6.92 Å². The molecule has 5 nitrogen and oxygen atoms in total. The van der Waals surface area contributed by atoms with Crippen LogP contribution in [-0.4, -0.2) is 74.3 Å². The molecule has 0 aromatic heterocycles. The van der Waals surface area contributed by atoms with Gasteiger partial charge in [0.1, 0.15) is 0 Å². The van der Waals surface area contributed by atoms with E-state index in [0.717, 1.165) is 58.4 Å². The van der Waals surface area contributed by atoms with Gasteiger partial charge in [0.15, 0.2) is 5.96 Å². The minimum atomic E-state index is 0. The van der Waals surface area contributed by atoms with Crippen molar-refractivity contribution in [1.82, 2.24) is 15.1 Å². The summed E-state index contributed by atoms with van der Waals surface area (Å²) >= 11 is 0. The molecule has 1 N–H and O–H groups in total. The van der Waals surface area contributed by atoms with Crippen LogP contribution >= 0.6 is 24.0 Å². The Morgan fingerprint density at radius 3 is 2.61 bits per heavy atom. The number of guanidine groups is 1. The van der Waals surface area contributed by atoms with E-state index in [4.69, 9.17) is 9.73 Å². The quantitative estimate of drug-likeness (QED) is 0.383. The van der Waals surface area contributed by atoms with Crippen LogP contribution in [0.15, 0.2) is 29.3 Å². The molecule has 0 bridgehead atoms. The molecule has 1 unspecified atom stereocenters. The molecule has 0 saturated carbocycles. The zero-order chi connectivity index (χ0) is 19.3.